The number of benzene rings is 2. The van der Waals surface area contributed by atoms with Gasteiger partial charge in [0.25, 0.3) is 0 Å². The lowest BCUT2D eigenvalue weighted by Crippen LogP contribution is -2.35. The second-order valence-electron chi connectivity index (χ2n) is 8.07. The molecule has 0 radical (unpaired) electrons. The van der Waals surface area contributed by atoms with E-state index >= 15 is 0 Å². The van der Waals surface area contributed by atoms with E-state index in [4.69, 9.17) is 0 Å². The number of aromatic hydroxyl groups is 1. The van der Waals surface area contributed by atoms with E-state index in [0.717, 1.165) is 32.5 Å². The van der Waals surface area contributed by atoms with Gasteiger partial charge in [0, 0.05) is 37.3 Å². The van der Waals surface area contributed by atoms with Crippen LogP contribution in [0.15, 0.2) is 46.8 Å². The lowest BCUT2D eigenvalue weighted by Gasteiger charge is -2.32. The van der Waals surface area contributed by atoms with Crippen LogP contribution in [0.2, 0.25) is 0 Å². The summed E-state index contributed by atoms with van der Waals surface area (Å²) in [5, 5.41) is 13.0. The second-order valence-corrected chi connectivity index (χ2v) is 8.07. The number of anilines is 1. The van der Waals surface area contributed by atoms with Gasteiger partial charge in [-0.1, -0.05) is 26.3 Å². The van der Waals surface area contributed by atoms with Gasteiger partial charge in [-0.05, 0) is 55.3 Å². The molecule has 1 aliphatic heterocycles. The van der Waals surface area contributed by atoms with Crippen molar-refractivity contribution in [1.82, 2.24) is 9.97 Å². The maximum Gasteiger partial charge on any atom is 0.165 e. The average molecular weight is 486 g/mol. The molecule has 3 aromatic rings. The SMILES string of the molecule is C=NCC1CCN(c2ncnc3c(-c4ccc(O)c(F)c4)cc(F)cc23)CC1.C=NOC.CCC. The van der Waals surface area contributed by atoms with Gasteiger partial charge in [-0.2, -0.15) is 0 Å². The van der Waals surface area contributed by atoms with Gasteiger partial charge in [-0.15, -0.1) is 5.16 Å². The predicted molar refractivity (Wildman–Crippen MR) is 138 cm³/mol. The highest BCUT2D eigenvalue weighted by atomic mass is 19.1. The van der Waals surface area contributed by atoms with E-state index in [9.17, 15) is 13.9 Å². The highest BCUT2D eigenvalue weighted by Crippen LogP contribution is 2.35. The molecule has 7 nitrogen and oxygen atoms in total. The van der Waals surface area contributed by atoms with Crippen LogP contribution in [0.5, 0.6) is 5.75 Å². The van der Waals surface area contributed by atoms with Crippen molar-refractivity contribution in [2.45, 2.75) is 33.1 Å². The molecule has 1 fully saturated rings. The first-order valence-corrected chi connectivity index (χ1v) is 11.5. The number of phenols is 1. The minimum absolute atomic E-state index is 0.445. The summed E-state index contributed by atoms with van der Waals surface area (Å²) in [6, 6.07) is 6.72. The van der Waals surface area contributed by atoms with Crippen LogP contribution in [0, 0.1) is 17.6 Å². The predicted octanol–water partition coefficient (Wildman–Crippen LogP) is 5.86. The molecule has 0 amide bonds. The van der Waals surface area contributed by atoms with E-state index in [1.807, 2.05) is 0 Å². The number of rotatable bonds is 5. The Hall–Kier alpha value is -3.62. The Bertz CT molecular complexity index is 1120. The molecule has 0 saturated carbocycles. The fourth-order valence-electron chi connectivity index (χ4n) is 3.78. The van der Waals surface area contributed by atoms with Crippen LogP contribution in [0.3, 0.4) is 0 Å². The molecule has 1 N–H and O–H groups in total. The number of fused-ring (bicyclic) bond motifs is 1. The monoisotopic (exact) mass is 485 g/mol. The molecular weight excluding hydrogens is 452 g/mol. The Labute approximate surface area is 205 Å². The lowest BCUT2D eigenvalue weighted by molar-refractivity contribution is 0.217. The molecule has 0 bridgehead atoms. The zero-order chi connectivity index (χ0) is 25.8. The second kappa shape index (κ2) is 13.9. The summed E-state index contributed by atoms with van der Waals surface area (Å²) in [5.41, 5.74) is 1.45. The summed E-state index contributed by atoms with van der Waals surface area (Å²) in [5.74, 6) is -0.472. The Balaban J connectivity index is 0.000000551. The summed E-state index contributed by atoms with van der Waals surface area (Å²) in [7, 11) is 1.45. The van der Waals surface area contributed by atoms with Gasteiger partial charge >= 0.3 is 0 Å². The van der Waals surface area contributed by atoms with Crippen LogP contribution in [-0.4, -0.2) is 55.3 Å². The van der Waals surface area contributed by atoms with Gasteiger partial charge in [0.05, 0.1) is 5.52 Å². The average Bonchev–Trinajstić information content (AvgIpc) is 2.86. The molecule has 2 heterocycles. The van der Waals surface area contributed by atoms with Crippen LogP contribution in [-0.2, 0) is 4.84 Å². The third kappa shape index (κ3) is 7.43. The highest BCUT2D eigenvalue weighted by Gasteiger charge is 2.22. The van der Waals surface area contributed by atoms with Crippen LogP contribution >= 0.6 is 0 Å². The minimum Gasteiger partial charge on any atom is -0.505 e. The fraction of sp³-hybridized carbons (Fsp3) is 0.385. The molecule has 0 atom stereocenters. The third-order valence-corrected chi connectivity index (χ3v) is 5.37. The first kappa shape index (κ1) is 27.6. The van der Waals surface area contributed by atoms with Crippen molar-refractivity contribution < 1.29 is 18.7 Å². The van der Waals surface area contributed by atoms with Crippen LogP contribution in [0.25, 0.3) is 22.0 Å². The minimum atomic E-state index is -0.762. The molecular formula is C26H33F2N5O2. The molecule has 1 saturated heterocycles. The zero-order valence-corrected chi connectivity index (χ0v) is 20.5. The van der Waals surface area contributed by atoms with Crippen molar-refractivity contribution in [2.24, 2.45) is 16.1 Å². The quantitative estimate of drug-likeness (QED) is 0.361. The van der Waals surface area contributed by atoms with Crippen molar-refractivity contribution in [3.05, 3.63) is 48.3 Å². The fourth-order valence-corrected chi connectivity index (χ4v) is 3.78. The summed E-state index contributed by atoms with van der Waals surface area (Å²) in [6.45, 7) is 13.2. The van der Waals surface area contributed by atoms with E-state index in [0.29, 0.717) is 33.8 Å². The first-order chi connectivity index (χ1) is 16.9. The standard InChI is InChI=1S/C21H20F2N4O.C3H8.C2H5NO/c1-24-11-13-4-6-27(7-5-13)21-17-10-15(22)9-16(20(17)25-12-26-21)14-2-3-19(28)18(23)8-14;1-3-2;1-3-4-2/h2-3,8-10,12-13,28H,1,4-7,11H2;3H2,1-2H3;1H2,2H3. The third-order valence-electron chi connectivity index (χ3n) is 5.37. The maximum absolute atomic E-state index is 14.4. The molecule has 1 aromatic heterocycles. The number of halogens is 2. The van der Waals surface area contributed by atoms with Crippen molar-refractivity contribution in [1.29, 1.82) is 0 Å². The van der Waals surface area contributed by atoms with Crippen molar-refractivity contribution in [2.75, 3.05) is 31.6 Å². The molecule has 35 heavy (non-hydrogen) atoms. The number of phenolic OH excluding ortho intramolecular Hbond substituents is 1. The number of hydrogen-bond acceptors (Lipinski definition) is 7. The number of oxime groups is 1. The van der Waals surface area contributed by atoms with E-state index in [1.54, 1.807) is 6.07 Å². The summed E-state index contributed by atoms with van der Waals surface area (Å²) in [4.78, 5) is 18.9. The van der Waals surface area contributed by atoms with E-state index in [-0.39, 0.29) is 0 Å². The van der Waals surface area contributed by atoms with Crippen LogP contribution in [0.1, 0.15) is 33.1 Å². The Kier molecular flexibility index (Phi) is 11.0. The molecule has 188 valence electrons. The summed E-state index contributed by atoms with van der Waals surface area (Å²) in [6.07, 6.45) is 4.64. The topological polar surface area (TPSA) is 83.2 Å². The molecule has 1 aliphatic rings. The largest absolute Gasteiger partial charge is 0.505 e. The molecule has 0 unspecified atom stereocenters. The molecule has 2 aromatic carbocycles. The highest BCUT2D eigenvalue weighted by molar-refractivity contribution is 5.99. The smallest absolute Gasteiger partial charge is 0.165 e. The molecule has 0 spiro atoms. The van der Waals surface area contributed by atoms with E-state index < -0.39 is 17.4 Å². The zero-order valence-electron chi connectivity index (χ0n) is 20.5. The first-order valence-electron chi connectivity index (χ1n) is 11.5. The Morgan fingerprint density at radius 3 is 2.34 bits per heavy atom. The Morgan fingerprint density at radius 2 is 1.77 bits per heavy atom. The van der Waals surface area contributed by atoms with E-state index in [1.165, 1.54) is 44.1 Å². The van der Waals surface area contributed by atoms with Crippen molar-refractivity contribution in [3.8, 4) is 16.9 Å². The number of nitrogens with zero attached hydrogens (tertiary/aromatic N) is 5. The molecule has 0 aliphatic carbocycles. The lowest BCUT2D eigenvalue weighted by atomic mass is 9.96. The van der Waals surface area contributed by atoms with Gasteiger partial charge in [0.2, 0.25) is 0 Å². The molecule has 4 rings (SSSR count). The maximum atomic E-state index is 14.4. The number of aliphatic imine (C=N–C) groups is 1. The Morgan fingerprint density at radius 1 is 1.11 bits per heavy atom. The normalized spacial score (nSPS) is 13.2. The van der Waals surface area contributed by atoms with Gasteiger partial charge in [-0.25, -0.2) is 18.7 Å². The number of aromatic nitrogens is 2. The van der Waals surface area contributed by atoms with Gasteiger partial charge in [0.1, 0.15) is 25.1 Å². The van der Waals surface area contributed by atoms with Gasteiger partial charge in [0.15, 0.2) is 11.6 Å². The summed E-state index contributed by atoms with van der Waals surface area (Å²) >= 11 is 0. The van der Waals surface area contributed by atoms with Crippen LogP contribution in [0.4, 0.5) is 14.6 Å². The number of hydrogen-bond donors (Lipinski definition) is 1. The number of piperidine rings is 1. The van der Waals surface area contributed by atoms with Crippen molar-refractivity contribution >= 4 is 30.2 Å². The van der Waals surface area contributed by atoms with Crippen LogP contribution < -0.4 is 4.90 Å². The van der Waals surface area contributed by atoms with Gasteiger partial charge < -0.3 is 19.8 Å². The van der Waals surface area contributed by atoms with Crippen molar-refractivity contribution in [3.63, 3.8) is 0 Å². The van der Waals surface area contributed by atoms with Gasteiger partial charge in [-0.3, -0.25) is 0 Å². The molecule has 9 heteroatoms. The summed E-state index contributed by atoms with van der Waals surface area (Å²) < 4.78 is 28.3. The van der Waals surface area contributed by atoms with E-state index in [2.05, 4.69) is 57.1 Å².